The van der Waals surface area contributed by atoms with Gasteiger partial charge in [0.25, 0.3) is 0 Å². The summed E-state index contributed by atoms with van der Waals surface area (Å²) in [6, 6.07) is 18.1. The predicted octanol–water partition coefficient (Wildman–Crippen LogP) is 3.05. The maximum absolute atomic E-state index is 11.0. The SMILES string of the molecule is C[C@@H](NCc1ccc(OCCCCc2ccccc2)cc1)C(N)=O. The summed E-state index contributed by atoms with van der Waals surface area (Å²) < 4.78 is 5.77. The molecule has 0 heterocycles. The van der Waals surface area contributed by atoms with E-state index in [2.05, 4.69) is 29.6 Å². The van der Waals surface area contributed by atoms with Crippen LogP contribution in [0.5, 0.6) is 5.75 Å². The van der Waals surface area contributed by atoms with E-state index >= 15 is 0 Å². The third kappa shape index (κ3) is 6.42. The molecule has 2 rings (SSSR count). The summed E-state index contributed by atoms with van der Waals surface area (Å²) in [7, 11) is 0. The zero-order chi connectivity index (χ0) is 17.2. The molecule has 0 bridgehead atoms. The number of ether oxygens (including phenoxy) is 1. The van der Waals surface area contributed by atoms with Gasteiger partial charge in [0, 0.05) is 6.54 Å². The van der Waals surface area contributed by atoms with E-state index in [1.807, 2.05) is 30.3 Å². The van der Waals surface area contributed by atoms with Crippen LogP contribution in [-0.2, 0) is 17.8 Å². The summed E-state index contributed by atoms with van der Waals surface area (Å²) >= 11 is 0. The van der Waals surface area contributed by atoms with Gasteiger partial charge in [-0.3, -0.25) is 4.79 Å². The van der Waals surface area contributed by atoms with Crippen molar-refractivity contribution in [1.82, 2.24) is 5.32 Å². The van der Waals surface area contributed by atoms with Crippen molar-refractivity contribution in [1.29, 1.82) is 0 Å². The Hall–Kier alpha value is -2.33. The number of primary amides is 1. The van der Waals surface area contributed by atoms with Crippen LogP contribution in [0.2, 0.25) is 0 Å². The Morgan fingerprint density at radius 3 is 2.42 bits per heavy atom. The topological polar surface area (TPSA) is 64.3 Å². The summed E-state index contributed by atoms with van der Waals surface area (Å²) in [6.45, 7) is 3.10. The van der Waals surface area contributed by atoms with Gasteiger partial charge in [-0.2, -0.15) is 0 Å². The molecule has 2 aromatic carbocycles. The molecule has 0 aliphatic heterocycles. The summed E-state index contributed by atoms with van der Waals surface area (Å²) in [5.41, 5.74) is 7.69. The molecule has 0 aliphatic rings. The molecule has 0 fully saturated rings. The molecule has 2 aromatic rings. The minimum absolute atomic E-state index is 0.328. The number of hydrogen-bond acceptors (Lipinski definition) is 3. The van der Waals surface area contributed by atoms with Crippen LogP contribution in [0.1, 0.15) is 30.9 Å². The third-order valence-electron chi connectivity index (χ3n) is 3.93. The average Bonchev–Trinajstić information content (AvgIpc) is 2.61. The van der Waals surface area contributed by atoms with Gasteiger partial charge in [-0.1, -0.05) is 42.5 Å². The normalized spacial score (nSPS) is 11.9. The van der Waals surface area contributed by atoms with E-state index in [0.717, 1.165) is 37.2 Å². The Bertz CT molecular complexity index is 611. The number of carbonyl (C=O) groups excluding carboxylic acids is 1. The van der Waals surface area contributed by atoms with Crippen molar-refractivity contribution in [3.05, 3.63) is 65.7 Å². The first kappa shape index (κ1) is 18.0. The number of carbonyl (C=O) groups is 1. The van der Waals surface area contributed by atoms with Gasteiger partial charge in [0.2, 0.25) is 5.91 Å². The van der Waals surface area contributed by atoms with Gasteiger partial charge in [0.05, 0.1) is 12.6 Å². The minimum atomic E-state index is -0.342. The summed E-state index contributed by atoms with van der Waals surface area (Å²) in [4.78, 5) is 11.0. The van der Waals surface area contributed by atoms with Crippen molar-refractivity contribution in [2.24, 2.45) is 5.73 Å². The van der Waals surface area contributed by atoms with E-state index < -0.39 is 0 Å². The van der Waals surface area contributed by atoms with Crippen molar-refractivity contribution in [2.45, 2.75) is 38.8 Å². The van der Waals surface area contributed by atoms with E-state index in [-0.39, 0.29) is 11.9 Å². The third-order valence-corrected chi connectivity index (χ3v) is 3.93. The number of nitrogens with two attached hydrogens (primary N) is 1. The standard InChI is InChI=1S/C20H26N2O2/c1-16(20(21)23)22-15-18-10-12-19(13-11-18)24-14-6-5-9-17-7-3-2-4-8-17/h2-4,7-8,10-13,16,22H,5-6,9,14-15H2,1H3,(H2,21,23)/t16-/m1/s1. The lowest BCUT2D eigenvalue weighted by molar-refractivity contribution is -0.119. The number of unbranched alkanes of at least 4 members (excludes halogenated alkanes) is 1. The average molecular weight is 326 g/mol. The fourth-order valence-corrected chi connectivity index (χ4v) is 2.34. The van der Waals surface area contributed by atoms with Crippen molar-refractivity contribution < 1.29 is 9.53 Å². The van der Waals surface area contributed by atoms with E-state index in [1.54, 1.807) is 6.92 Å². The second kappa shape index (κ2) is 9.73. The highest BCUT2D eigenvalue weighted by molar-refractivity contribution is 5.79. The second-order valence-corrected chi connectivity index (χ2v) is 5.94. The maximum atomic E-state index is 11.0. The molecule has 128 valence electrons. The fraction of sp³-hybridized carbons (Fsp3) is 0.350. The Balaban J connectivity index is 1.64. The molecular formula is C20H26N2O2. The lowest BCUT2D eigenvalue weighted by Gasteiger charge is -2.11. The van der Waals surface area contributed by atoms with Crippen LogP contribution >= 0.6 is 0 Å². The molecule has 0 aromatic heterocycles. The molecule has 0 aliphatic carbocycles. The lowest BCUT2D eigenvalue weighted by Crippen LogP contribution is -2.38. The fourth-order valence-electron chi connectivity index (χ4n) is 2.34. The van der Waals surface area contributed by atoms with E-state index in [4.69, 9.17) is 10.5 Å². The van der Waals surface area contributed by atoms with Crippen LogP contribution in [-0.4, -0.2) is 18.6 Å². The van der Waals surface area contributed by atoms with Crippen LogP contribution in [0.15, 0.2) is 54.6 Å². The summed E-state index contributed by atoms with van der Waals surface area (Å²) in [6.07, 6.45) is 3.25. The zero-order valence-electron chi connectivity index (χ0n) is 14.2. The Morgan fingerprint density at radius 1 is 1.04 bits per heavy atom. The van der Waals surface area contributed by atoms with Crippen LogP contribution in [0.3, 0.4) is 0 Å². The molecule has 1 amide bonds. The molecule has 24 heavy (non-hydrogen) atoms. The Labute approximate surface area is 144 Å². The summed E-state index contributed by atoms with van der Waals surface area (Å²) in [5, 5.41) is 3.08. The van der Waals surface area contributed by atoms with Gasteiger partial charge in [0.15, 0.2) is 0 Å². The molecule has 0 spiro atoms. The first-order chi connectivity index (χ1) is 11.6. The van der Waals surface area contributed by atoms with Gasteiger partial charge < -0.3 is 15.8 Å². The van der Waals surface area contributed by atoms with Crippen LogP contribution in [0.4, 0.5) is 0 Å². The molecule has 4 nitrogen and oxygen atoms in total. The first-order valence-electron chi connectivity index (χ1n) is 8.43. The van der Waals surface area contributed by atoms with Gasteiger partial charge in [-0.05, 0) is 49.4 Å². The monoisotopic (exact) mass is 326 g/mol. The number of nitrogens with one attached hydrogen (secondary N) is 1. The number of hydrogen-bond donors (Lipinski definition) is 2. The number of benzene rings is 2. The van der Waals surface area contributed by atoms with E-state index in [0.29, 0.717) is 6.54 Å². The van der Waals surface area contributed by atoms with Crippen molar-refractivity contribution >= 4 is 5.91 Å². The lowest BCUT2D eigenvalue weighted by atomic mass is 10.1. The highest BCUT2D eigenvalue weighted by Gasteiger charge is 2.06. The largest absolute Gasteiger partial charge is 0.494 e. The molecule has 0 saturated heterocycles. The minimum Gasteiger partial charge on any atom is -0.494 e. The van der Waals surface area contributed by atoms with Gasteiger partial charge in [0.1, 0.15) is 5.75 Å². The van der Waals surface area contributed by atoms with E-state index in [1.165, 1.54) is 5.56 Å². The van der Waals surface area contributed by atoms with E-state index in [9.17, 15) is 4.79 Å². The van der Waals surface area contributed by atoms with Crippen molar-refractivity contribution in [3.8, 4) is 5.75 Å². The highest BCUT2D eigenvalue weighted by atomic mass is 16.5. The second-order valence-electron chi connectivity index (χ2n) is 5.94. The Kier molecular flexibility index (Phi) is 7.30. The smallest absolute Gasteiger partial charge is 0.234 e. The van der Waals surface area contributed by atoms with Crippen LogP contribution in [0.25, 0.3) is 0 Å². The predicted molar refractivity (Wildman–Crippen MR) is 96.8 cm³/mol. The van der Waals surface area contributed by atoms with Gasteiger partial charge >= 0.3 is 0 Å². The van der Waals surface area contributed by atoms with Gasteiger partial charge in [-0.25, -0.2) is 0 Å². The highest BCUT2D eigenvalue weighted by Crippen LogP contribution is 2.13. The molecule has 0 radical (unpaired) electrons. The Morgan fingerprint density at radius 2 is 1.75 bits per heavy atom. The van der Waals surface area contributed by atoms with Crippen molar-refractivity contribution in [2.75, 3.05) is 6.61 Å². The molecule has 3 N–H and O–H groups in total. The zero-order valence-corrected chi connectivity index (χ0v) is 14.2. The molecule has 0 unspecified atom stereocenters. The van der Waals surface area contributed by atoms with Crippen molar-refractivity contribution in [3.63, 3.8) is 0 Å². The first-order valence-corrected chi connectivity index (χ1v) is 8.43. The molecule has 1 atom stereocenters. The molecular weight excluding hydrogens is 300 g/mol. The van der Waals surface area contributed by atoms with Crippen LogP contribution < -0.4 is 15.8 Å². The number of rotatable bonds is 10. The molecule has 0 saturated carbocycles. The maximum Gasteiger partial charge on any atom is 0.234 e. The quantitative estimate of drug-likeness (QED) is 0.660. The van der Waals surface area contributed by atoms with Gasteiger partial charge in [-0.15, -0.1) is 0 Å². The summed E-state index contributed by atoms with van der Waals surface area (Å²) in [5.74, 6) is 0.534. The molecule has 4 heteroatoms. The number of aryl methyl sites for hydroxylation is 1. The van der Waals surface area contributed by atoms with Crippen LogP contribution in [0, 0.1) is 0 Å². The number of amides is 1.